The van der Waals surface area contributed by atoms with Crippen LogP contribution in [0.3, 0.4) is 0 Å². The molecule has 160 valence electrons. The lowest BCUT2D eigenvalue weighted by Crippen LogP contribution is -2.46. The van der Waals surface area contributed by atoms with Crippen LogP contribution in [-0.4, -0.2) is 47.6 Å². The second kappa shape index (κ2) is 11.0. The highest BCUT2D eigenvalue weighted by Gasteiger charge is 2.31. The summed E-state index contributed by atoms with van der Waals surface area (Å²) >= 11 is 0. The van der Waals surface area contributed by atoms with Gasteiger partial charge in [-0.1, -0.05) is 24.6 Å². The fourth-order valence-electron chi connectivity index (χ4n) is 3.48. The van der Waals surface area contributed by atoms with Crippen LogP contribution in [0.1, 0.15) is 39.0 Å². The third-order valence-electron chi connectivity index (χ3n) is 5.29. The molecule has 0 saturated carbocycles. The van der Waals surface area contributed by atoms with Gasteiger partial charge in [-0.15, -0.1) is 24.0 Å². The molecule has 6 nitrogen and oxygen atoms in total. The first-order chi connectivity index (χ1) is 13.5. The van der Waals surface area contributed by atoms with Crippen molar-refractivity contribution < 1.29 is 4.42 Å². The number of hydrogen-bond donors (Lipinski definition) is 2. The fourth-order valence-corrected chi connectivity index (χ4v) is 3.48. The summed E-state index contributed by atoms with van der Waals surface area (Å²) in [6, 6.07) is 9.16. The molecule has 0 radical (unpaired) electrons. The molecule has 29 heavy (non-hydrogen) atoms. The lowest BCUT2D eigenvalue weighted by molar-refractivity contribution is 0.265. The average molecular weight is 511 g/mol. The quantitative estimate of drug-likeness (QED) is 0.348. The average Bonchev–Trinajstić information content (AvgIpc) is 3.28. The van der Waals surface area contributed by atoms with E-state index in [4.69, 9.17) is 9.41 Å². The van der Waals surface area contributed by atoms with E-state index in [-0.39, 0.29) is 24.0 Å². The minimum atomic E-state index is 0. The van der Waals surface area contributed by atoms with Gasteiger partial charge < -0.3 is 15.1 Å². The number of hydrogen-bond acceptors (Lipinski definition) is 4. The van der Waals surface area contributed by atoms with Crippen molar-refractivity contribution >= 4 is 29.9 Å². The summed E-state index contributed by atoms with van der Waals surface area (Å²) in [5.74, 6) is 2.07. The van der Waals surface area contributed by atoms with Crippen LogP contribution in [0.15, 0.2) is 39.9 Å². The van der Waals surface area contributed by atoms with Gasteiger partial charge in [-0.3, -0.25) is 4.90 Å². The van der Waals surface area contributed by atoms with Crippen LogP contribution in [0.25, 0.3) is 11.5 Å². The Kier molecular flexibility index (Phi) is 8.95. The Morgan fingerprint density at radius 1 is 1.28 bits per heavy atom. The lowest BCUT2D eigenvalue weighted by atomic mass is 10.1. The molecule has 1 saturated heterocycles. The number of likely N-dealkylation sites (tertiary alicyclic amines) is 1. The zero-order chi connectivity index (χ0) is 20.1. The Labute approximate surface area is 191 Å². The van der Waals surface area contributed by atoms with E-state index in [1.54, 1.807) is 6.26 Å². The number of halogens is 1. The molecule has 7 heteroatoms. The van der Waals surface area contributed by atoms with E-state index in [1.807, 2.05) is 12.1 Å². The van der Waals surface area contributed by atoms with Crippen LogP contribution in [0.5, 0.6) is 0 Å². The first kappa shape index (κ1) is 23.7. The van der Waals surface area contributed by atoms with Crippen LogP contribution in [0.4, 0.5) is 0 Å². The van der Waals surface area contributed by atoms with Gasteiger partial charge in [0.15, 0.2) is 5.96 Å². The molecular formula is C22H34IN5O. The SMILES string of the molecule is CCNC(=NCc1coc(-c2ccc(C)cc2)n1)NC1CN(C(C)C)CC1C.I. The number of nitrogens with zero attached hydrogens (tertiary/aromatic N) is 3. The third-order valence-corrected chi connectivity index (χ3v) is 5.29. The van der Waals surface area contributed by atoms with Gasteiger partial charge in [-0.25, -0.2) is 9.98 Å². The number of aliphatic imine (C=N–C) groups is 1. The number of oxazole rings is 1. The zero-order valence-electron chi connectivity index (χ0n) is 18.1. The van der Waals surface area contributed by atoms with Gasteiger partial charge in [0.2, 0.25) is 5.89 Å². The Bertz CT molecular complexity index is 787. The van der Waals surface area contributed by atoms with Crippen LogP contribution in [0.2, 0.25) is 0 Å². The van der Waals surface area contributed by atoms with E-state index in [2.05, 4.69) is 67.3 Å². The Balaban J connectivity index is 0.00000300. The van der Waals surface area contributed by atoms with Crippen molar-refractivity contribution in [1.82, 2.24) is 20.5 Å². The predicted molar refractivity (Wildman–Crippen MR) is 130 cm³/mol. The summed E-state index contributed by atoms with van der Waals surface area (Å²) in [4.78, 5) is 11.8. The van der Waals surface area contributed by atoms with Gasteiger partial charge in [0.25, 0.3) is 0 Å². The molecular weight excluding hydrogens is 477 g/mol. The highest BCUT2D eigenvalue weighted by Crippen LogP contribution is 2.20. The number of aryl methyl sites for hydroxylation is 1. The van der Waals surface area contributed by atoms with E-state index < -0.39 is 0 Å². The zero-order valence-corrected chi connectivity index (χ0v) is 20.4. The summed E-state index contributed by atoms with van der Waals surface area (Å²) in [6.07, 6.45) is 1.70. The molecule has 2 unspecified atom stereocenters. The summed E-state index contributed by atoms with van der Waals surface area (Å²) in [6.45, 7) is 14.4. The first-order valence-electron chi connectivity index (χ1n) is 10.3. The lowest BCUT2D eigenvalue weighted by Gasteiger charge is -2.21. The van der Waals surface area contributed by atoms with Crippen LogP contribution < -0.4 is 10.6 Å². The molecule has 2 heterocycles. The highest BCUT2D eigenvalue weighted by atomic mass is 127. The van der Waals surface area contributed by atoms with Crippen molar-refractivity contribution in [2.75, 3.05) is 19.6 Å². The standard InChI is InChI=1S/C22H33N5O.HI/c1-6-23-22(26-20-13-27(15(2)3)12-17(20)5)24-11-19-14-28-21(25-19)18-9-7-16(4)8-10-18;/h7-10,14-15,17,20H,6,11-13H2,1-5H3,(H2,23,24,26);1H. The van der Waals surface area contributed by atoms with Gasteiger partial charge in [0, 0.05) is 37.3 Å². The molecule has 0 spiro atoms. The maximum absolute atomic E-state index is 5.65. The molecule has 0 amide bonds. The Hall–Kier alpha value is -1.61. The Morgan fingerprint density at radius 2 is 2.00 bits per heavy atom. The van der Waals surface area contributed by atoms with Gasteiger partial charge in [-0.2, -0.15) is 0 Å². The largest absolute Gasteiger partial charge is 0.444 e. The van der Waals surface area contributed by atoms with E-state index in [9.17, 15) is 0 Å². The van der Waals surface area contributed by atoms with Crippen molar-refractivity contribution in [3.8, 4) is 11.5 Å². The molecule has 1 aliphatic heterocycles. The second-order valence-corrected chi connectivity index (χ2v) is 7.98. The Morgan fingerprint density at radius 3 is 2.62 bits per heavy atom. The first-order valence-corrected chi connectivity index (χ1v) is 10.3. The number of nitrogens with one attached hydrogen (secondary N) is 2. The molecule has 0 bridgehead atoms. The van der Waals surface area contributed by atoms with E-state index in [0.717, 1.165) is 36.9 Å². The maximum Gasteiger partial charge on any atom is 0.226 e. The van der Waals surface area contributed by atoms with Gasteiger partial charge >= 0.3 is 0 Å². The number of rotatable bonds is 6. The fraction of sp³-hybridized carbons (Fsp3) is 0.545. The third kappa shape index (κ3) is 6.44. The monoisotopic (exact) mass is 511 g/mol. The van der Waals surface area contributed by atoms with Crippen molar-refractivity contribution in [2.24, 2.45) is 10.9 Å². The number of guanidine groups is 1. The van der Waals surface area contributed by atoms with E-state index >= 15 is 0 Å². The smallest absolute Gasteiger partial charge is 0.226 e. The minimum Gasteiger partial charge on any atom is -0.444 e. The molecule has 0 aliphatic carbocycles. The molecule has 1 aliphatic rings. The summed E-state index contributed by atoms with van der Waals surface area (Å²) in [5.41, 5.74) is 3.04. The molecule has 2 atom stereocenters. The van der Waals surface area contributed by atoms with Crippen LogP contribution in [0, 0.1) is 12.8 Å². The van der Waals surface area contributed by atoms with Crippen molar-refractivity contribution in [1.29, 1.82) is 0 Å². The minimum absolute atomic E-state index is 0. The summed E-state index contributed by atoms with van der Waals surface area (Å²) < 4.78 is 5.65. The summed E-state index contributed by atoms with van der Waals surface area (Å²) in [5, 5.41) is 6.96. The molecule has 1 fully saturated rings. The maximum atomic E-state index is 5.65. The van der Waals surface area contributed by atoms with Gasteiger partial charge in [0.1, 0.15) is 12.0 Å². The number of benzene rings is 1. The topological polar surface area (TPSA) is 65.7 Å². The van der Waals surface area contributed by atoms with E-state index in [1.165, 1.54) is 5.56 Å². The number of aromatic nitrogens is 1. The molecule has 2 N–H and O–H groups in total. The van der Waals surface area contributed by atoms with E-state index in [0.29, 0.717) is 30.4 Å². The normalized spacial score (nSPS) is 20.0. The predicted octanol–water partition coefficient (Wildman–Crippen LogP) is 4.05. The van der Waals surface area contributed by atoms with Crippen LogP contribution >= 0.6 is 24.0 Å². The van der Waals surface area contributed by atoms with Gasteiger partial charge in [0.05, 0.1) is 6.54 Å². The van der Waals surface area contributed by atoms with Crippen molar-refractivity contribution in [2.45, 2.75) is 53.2 Å². The van der Waals surface area contributed by atoms with Crippen molar-refractivity contribution in [3.63, 3.8) is 0 Å². The highest BCUT2D eigenvalue weighted by molar-refractivity contribution is 14.0. The molecule has 3 rings (SSSR count). The second-order valence-electron chi connectivity index (χ2n) is 7.98. The summed E-state index contributed by atoms with van der Waals surface area (Å²) in [7, 11) is 0. The molecule has 1 aromatic carbocycles. The van der Waals surface area contributed by atoms with Crippen molar-refractivity contribution in [3.05, 3.63) is 41.8 Å². The molecule has 2 aromatic rings. The van der Waals surface area contributed by atoms with Crippen LogP contribution in [-0.2, 0) is 6.54 Å². The van der Waals surface area contributed by atoms with Gasteiger partial charge in [-0.05, 0) is 45.7 Å². The molecule has 1 aromatic heterocycles.